The van der Waals surface area contributed by atoms with Crippen LogP contribution in [0.2, 0.25) is 5.02 Å². The summed E-state index contributed by atoms with van der Waals surface area (Å²) in [5.41, 5.74) is 0.231. The summed E-state index contributed by atoms with van der Waals surface area (Å²) in [6.07, 6.45) is 0. The van der Waals surface area contributed by atoms with Crippen LogP contribution in [0, 0.1) is 5.82 Å². The van der Waals surface area contributed by atoms with Crippen molar-refractivity contribution in [3.8, 4) is 0 Å². The summed E-state index contributed by atoms with van der Waals surface area (Å²) in [7, 11) is -4.07. The second kappa shape index (κ2) is 7.61. The van der Waals surface area contributed by atoms with Crippen molar-refractivity contribution in [3.63, 3.8) is 0 Å². The van der Waals surface area contributed by atoms with Gasteiger partial charge in [-0.05, 0) is 42.5 Å². The van der Waals surface area contributed by atoms with Crippen molar-refractivity contribution in [1.29, 1.82) is 0 Å². The van der Waals surface area contributed by atoms with Crippen molar-refractivity contribution in [2.45, 2.75) is 4.90 Å². The van der Waals surface area contributed by atoms with Gasteiger partial charge in [0.15, 0.2) is 0 Å². The molecule has 0 unspecified atom stereocenters. The molecule has 2 aromatic rings. The number of hydrogen-bond donors (Lipinski definition) is 3. The van der Waals surface area contributed by atoms with Gasteiger partial charge in [0.2, 0.25) is 0 Å². The lowest BCUT2D eigenvalue weighted by molar-refractivity contribution is 0.0944. The molecule has 24 heavy (non-hydrogen) atoms. The Kier molecular flexibility index (Phi) is 5.76. The van der Waals surface area contributed by atoms with Crippen molar-refractivity contribution >= 4 is 33.2 Å². The number of carbonyl (C=O) groups excluding carboxylic acids is 1. The number of aliphatic hydroxyl groups is 1. The van der Waals surface area contributed by atoms with Crippen LogP contribution in [-0.2, 0) is 10.0 Å². The predicted molar refractivity (Wildman–Crippen MR) is 88.1 cm³/mol. The van der Waals surface area contributed by atoms with Crippen LogP contribution in [0.3, 0.4) is 0 Å². The van der Waals surface area contributed by atoms with Gasteiger partial charge in [0.1, 0.15) is 10.7 Å². The standard InChI is InChI=1S/C15H14ClFN2O4S/c16-13-6-1-10(15(21)18-7-8-20)9-14(13)24(22,23)19-12-4-2-11(17)3-5-12/h1-6,9,19-20H,7-8H2,(H,18,21). The van der Waals surface area contributed by atoms with Crippen molar-refractivity contribution in [2.75, 3.05) is 17.9 Å². The average molecular weight is 373 g/mol. The molecule has 6 nitrogen and oxygen atoms in total. The SMILES string of the molecule is O=C(NCCO)c1ccc(Cl)c(S(=O)(=O)Nc2ccc(F)cc2)c1. The van der Waals surface area contributed by atoms with Gasteiger partial charge in [0.25, 0.3) is 15.9 Å². The van der Waals surface area contributed by atoms with Crippen molar-refractivity contribution in [3.05, 3.63) is 58.9 Å². The Labute approximate surface area is 143 Å². The van der Waals surface area contributed by atoms with Gasteiger partial charge in [-0.25, -0.2) is 12.8 Å². The monoisotopic (exact) mass is 372 g/mol. The molecule has 0 saturated carbocycles. The maximum atomic E-state index is 12.9. The van der Waals surface area contributed by atoms with Crippen LogP contribution in [-0.4, -0.2) is 32.6 Å². The van der Waals surface area contributed by atoms with Gasteiger partial charge in [-0.3, -0.25) is 9.52 Å². The minimum absolute atomic E-state index is 0.0391. The second-order valence-electron chi connectivity index (χ2n) is 4.74. The van der Waals surface area contributed by atoms with Gasteiger partial charge in [-0.1, -0.05) is 11.6 Å². The zero-order chi connectivity index (χ0) is 17.7. The normalized spacial score (nSPS) is 11.1. The van der Waals surface area contributed by atoms with Crippen LogP contribution in [0.4, 0.5) is 10.1 Å². The van der Waals surface area contributed by atoms with Gasteiger partial charge in [0, 0.05) is 17.8 Å². The third kappa shape index (κ3) is 4.44. The fraction of sp³-hybridized carbons (Fsp3) is 0.133. The number of amides is 1. The van der Waals surface area contributed by atoms with Gasteiger partial charge in [0.05, 0.1) is 11.6 Å². The van der Waals surface area contributed by atoms with Crippen molar-refractivity contribution < 1.29 is 22.7 Å². The van der Waals surface area contributed by atoms with E-state index in [2.05, 4.69) is 10.0 Å². The highest BCUT2D eigenvalue weighted by Gasteiger charge is 2.20. The van der Waals surface area contributed by atoms with E-state index in [-0.39, 0.29) is 34.3 Å². The molecule has 0 heterocycles. The molecule has 0 spiro atoms. The maximum Gasteiger partial charge on any atom is 0.263 e. The van der Waals surface area contributed by atoms with E-state index >= 15 is 0 Å². The van der Waals surface area contributed by atoms with E-state index in [1.165, 1.54) is 24.3 Å². The Morgan fingerprint density at radius 1 is 1.17 bits per heavy atom. The predicted octanol–water partition coefficient (Wildman–Crippen LogP) is 2.00. The van der Waals surface area contributed by atoms with Gasteiger partial charge >= 0.3 is 0 Å². The average Bonchev–Trinajstić information content (AvgIpc) is 2.54. The highest BCUT2D eigenvalue weighted by molar-refractivity contribution is 7.92. The quantitative estimate of drug-likeness (QED) is 0.722. The third-order valence-corrected chi connectivity index (χ3v) is 4.84. The zero-order valence-corrected chi connectivity index (χ0v) is 13.9. The lowest BCUT2D eigenvalue weighted by atomic mass is 10.2. The summed E-state index contributed by atoms with van der Waals surface area (Å²) in [6.45, 7) is -0.200. The Bertz CT molecular complexity index is 841. The van der Waals surface area contributed by atoms with Crippen LogP contribution in [0.1, 0.15) is 10.4 Å². The fourth-order valence-corrected chi connectivity index (χ4v) is 3.44. The summed E-state index contributed by atoms with van der Waals surface area (Å²) in [4.78, 5) is 11.6. The molecule has 0 aromatic heterocycles. The van der Waals surface area contributed by atoms with E-state index in [1.807, 2.05) is 0 Å². The van der Waals surface area contributed by atoms with E-state index in [0.29, 0.717) is 0 Å². The molecule has 2 rings (SSSR count). The highest BCUT2D eigenvalue weighted by Crippen LogP contribution is 2.25. The molecule has 0 radical (unpaired) electrons. The van der Waals surface area contributed by atoms with Crippen LogP contribution < -0.4 is 10.0 Å². The number of anilines is 1. The smallest absolute Gasteiger partial charge is 0.263 e. The third-order valence-electron chi connectivity index (χ3n) is 2.98. The highest BCUT2D eigenvalue weighted by atomic mass is 35.5. The van der Waals surface area contributed by atoms with Gasteiger partial charge < -0.3 is 10.4 Å². The van der Waals surface area contributed by atoms with Crippen LogP contribution in [0.25, 0.3) is 0 Å². The second-order valence-corrected chi connectivity index (χ2v) is 6.80. The molecule has 2 aromatic carbocycles. The molecule has 0 aliphatic carbocycles. The first-order valence-corrected chi connectivity index (χ1v) is 8.66. The van der Waals surface area contributed by atoms with Crippen LogP contribution in [0.5, 0.6) is 0 Å². The number of sulfonamides is 1. The lowest BCUT2D eigenvalue weighted by Crippen LogP contribution is -2.26. The van der Waals surface area contributed by atoms with Crippen molar-refractivity contribution in [1.82, 2.24) is 5.32 Å². The lowest BCUT2D eigenvalue weighted by Gasteiger charge is -2.11. The molecule has 0 aliphatic heterocycles. The number of benzene rings is 2. The van der Waals surface area contributed by atoms with Crippen LogP contribution >= 0.6 is 11.6 Å². The Balaban J connectivity index is 2.31. The number of rotatable bonds is 6. The van der Waals surface area contributed by atoms with Gasteiger partial charge in [-0.15, -0.1) is 0 Å². The topological polar surface area (TPSA) is 95.5 Å². The largest absolute Gasteiger partial charge is 0.395 e. The minimum atomic E-state index is -4.07. The minimum Gasteiger partial charge on any atom is -0.395 e. The first-order valence-electron chi connectivity index (χ1n) is 6.80. The molecule has 0 bridgehead atoms. The summed E-state index contributed by atoms with van der Waals surface area (Å²) in [5, 5.41) is 11.1. The molecule has 0 saturated heterocycles. The van der Waals surface area contributed by atoms with Crippen LogP contribution in [0.15, 0.2) is 47.4 Å². The first kappa shape index (κ1) is 18.2. The molecule has 0 aliphatic rings. The van der Waals surface area contributed by atoms with E-state index in [0.717, 1.165) is 18.2 Å². The first-order chi connectivity index (χ1) is 11.3. The summed E-state index contributed by atoms with van der Waals surface area (Å²) >= 11 is 5.93. The summed E-state index contributed by atoms with van der Waals surface area (Å²) in [6, 6.07) is 8.52. The molecule has 1 amide bonds. The van der Waals surface area contributed by atoms with Gasteiger partial charge in [-0.2, -0.15) is 0 Å². The number of carbonyl (C=O) groups is 1. The van der Waals surface area contributed by atoms with Crippen molar-refractivity contribution in [2.24, 2.45) is 0 Å². The molecular formula is C15H14ClFN2O4S. The van der Waals surface area contributed by atoms with E-state index < -0.39 is 21.7 Å². The molecule has 3 N–H and O–H groups in total. The Hall–Kier alpha value is -2.16. The number of nitrogens with one attached hydrogen (secondary N) is 2. The summed E-state index contributed by atoms with van der Waals surface area (Å²) < 4.78 is 40.0. The fourth-order valence-electron chi connectivity index (χ4n) is 1.85. The molecule has 9 heteroatoms. The number of hydrogen-bond acceptors (Lipinski definition) is 4. The maximum absolute atomic E-state index is 12.9. The Morgan fingerprint density at radius 2 is 1.83 bits per heavy atom. The Morgan fingerprint density at radius 3 is 2.46 bits per heavy atom. The molecular weight excluding hydrogens is 359 g/mol. The molecule has 128 valence electrons. The zero-order valence-electron chi connectivity index (χ0n) is 12.3. The van der Waals surface area contributed by atoms with E-state index in [4.69, 9.17) is 16.7 Å². The number of aliphatic hydroxyl groups excluding tert-OH is 1. The molecule has 0 fully saturated rings. The number of halogens is 2. The molecule has 0 atom stereocenters. The van der Waals surface area contributed by atoms with E-state index in [1.54, 1.807) is 0 Å². The summed E-state index contributed by atoms with van der Waals surface area (Å²) in [5.74, 6) is -1.04. The van der Waals surface area contributed by atoms with E-state index in [9.17, 15) is 17.6 Å².